The number of hydrogen-bond donors (Lipinski definition) is 4. The van der Waals surface area contributed by atoms with Crippen molar-refractivity contribution >= 4 is 40.5 Å². The van der Waals surface area contributed by atoms with Crippen LogP contribution in [0.15, 0.2) is 29.2 Å². The van der Waals surface area contributed by atoms with E-state index in [1.807, 2.05) is 51.9 Å². The Morgan fingerprint density at radius 3 is 2.13 bits per heavy atom. The van der Waals surface area contributed by atoms with Crippen molar-refractivity contribution in [3.8, 4) is 0 Å². The number of amides is 1. The number of Topliss-reactive ketones (excluding diaryl/α,β-unsaturated/α-hetero) is 1. The van der Waals surface area contributed by atoms with Gasteiger partial charge in [0.25, 0.3) is 5.91 Å². The van der Waals surface area contributed by atoms with E-state index >= 15 is 0 Å². The first-order valence-corrected chi connectivity index (χ1v) is 29.0. The summed E-state index contributed by atoms with van der Waals surface area (Å²) in [5.41, 5.74) is -3.64. The van der Waals surface area contributed by atoms with Crippen molar-refractivity contribution in [3.05, 3.63) is 45.7 Å². The number of carbonyl (C=O) groups is 5. The van der Waals surface area contributed by atoms with Crippen LogP contribution in [0.4, 0.5) is 0 Å². The van der Waals surface area contributed by atoms with Gasteiger partial charge in [-0.3, -0.25) is 24.0 Å². The second-order valence-corrected chi connectivity index (χ2v) is 24.1. The molecule has 1 aromatic carbocycles. The van der Waals surface area contributed by atoms with Crippen molar-refractivity contribution in [2.75, 3.05) is 62.1 Å². The molecule has 464 valence electrons. The number of ether oxygens (including phenoxy) is 9. The molecule has 2 aromatic rings. The van der Waals surface area contributed by atoms with Crippen molar-refractivity contribution in [2.45, 2.75) is 212 Å². The zero-order valence-electron chi connectivity index (χ0n) is 51.6. The molecule has 3 aliphatic rings. The summed E-state index contributed by atoms with van der Waals surface area (Å²) in [4.78, 5) is 84.1. The summed E-state index contributed by atoms with van der Waals surface area (Å²) in [6.45, 7) is 19.7. The summed E-state index contributed by atoms with van der Waals surface area (Å²) >= 11 is 0. The third-order valence-corrected chi connectivity index (χ3v) is 17.3. The van der Waals surface area contributed by atoms with Gasteiger partial charge in [0.15, 0.2) is 25.3 Å². The second-order valence-electron chi connectivity index (χ2n) is 24.1. The van der Waals surface area contributed by atoms with Crippen molar-refractivity contribution in [1.29, 1.82) is 0 Å². The highest BCUT2D eigenvalue weighted by Crippen LogP contribution is 2.42. The summed E-state index contributed by atoms with van der Waals surface area (Å²) < 4.78 is 58.4. The Kier molecular flexibility index (Phi) is 24.2. The number of fused-ring (bicyclic) bond motifs is 1. The molecule has 5 rings (SSSR count). The number of carbonyl (C=O) groups excluding carboxylic acids is 5. The molecule has 0 saturated carbocycles. The van der Waals surface area contributed by atoms with E-state index in [-0.39, 0.29) is 49.2 Å². The average Bonchev–Trinajstić information content (AvgIpc) is 3.62. The number of hydrogen-bond acceptors (Lipinski definition) is 20. The number of benzene rings is 1. The number of rotatable bonds is 20. The minimum Gasteiger partial charge on any atom is -0.459 e. The molecule has 3 fully saturated rings. The molecule has 4 heterocycles. The van der Waals surface area contributed by atoms with Crippen LogP contribution in [0.25, 0.3) is 10.9 Å². The maximum atomic E-state index is 14.6. The number of aromatic nitrogens is 1. The fraction of sp³-hybridized carbons (Fsp3) is 0.767. The molecular weight excluding hydrogens is 1060 g/mol. The molecule has 3 aliphatic heterocycles. The molecule has 18 atom stereocenters. The van der Waals surface area contributed by atoms with E-state index in [9.17, 15) is 44.1 Å². The lowest BCUT2D eigenvalue weighted by atomic mass is 9.74. The number of pyridine rings is 1. The molecule has 82 heavy (non-hydrogen) atoms. The first kappa shape index (κ1) is 68.3. The molecule has 3 saturated heterocycles. The van der Waals surface area contributed by atoms with Crippen LogP contribution >= 0.6 is 0 Å². The number of ketones is 1. The third kappa shape index (κ3) is 15.9. The summed E-state index contributed by atoms with van der Waals surface area (Å²) in [7, 11) is 9.80. The number of likely N-dealkylation sites (N-methyl/N-ethyl adjacent to an activating group) is 2. The van der Waals surface area contributed by atoms with Crippen LogP contribution in [-0.4, -0.2) is 206 Å². The van der Waals surface area contributed by atoms with Gasteiger partial charge in [-0.2, -0.15) is 0 Å². The predicted octanol–water partition coefficient (Wildman–Crippen LogP) is 4.18. The Morgan fingerprint density at radius 2 is 1.52 bits per heavy atom. The van der Waals surface area contributed by atoms with Crippen LogP contribution in [0.2, 0.25) is 0 Å². The summed E-state index contributed by atoms with van der Waals surface area (Å²) in [5, 5.41) is 39.0. The van der Waals surface area contributed by atoms with Crippen LogP contribution in [0, 0.1) is 23.7 Å². The van der Waals surface area contributed by atoms with Crippen molar-refractivity contribution < 1.29 is 81.9 Å². The number of nitrogens with one attached hydrogen (secondary N) is 1. The number of aryl methyl sites for hydroxylation is 2. The fourth-order valence-electron chi connectivity index (χ4n) is 12.1. The highest BCUT2D eigenvalue weighted by molar-refractivity contribution is 5.95. The minimum absolute atomic E-state index is 0.0205. The average molecular weight is 1160 g/mol. The molecule has 22 heteroatoms. The Morgan fingerprint density at radius 1 is 0.866 bits per heavy atom. The first-order valence-electron chi connectivity index (χ1n) is 29.0. The Hall–Kier alpha value is -4.46. The quantitative estimate of drug-likeness (QED) is 0.0823. The smallest absolute Gasteiger partial charge is 0.344 e. The molecule has 0 radical (unpaired) electrons. The normalized spacial score (nSPS) is 35.2. The van der Waals surface area contributed by atoms with Gasteiger partial charge in [0.1, 0.15) is 34.8 Å². The van der Waals surface area contributed by atoms with Crippen LogP contribution in [0.3, 0.4) is 0 Å². The third-order valence-electron chi connectivity index (χ3n) is 17.3. The van der Waals surface area contributed by atoms with Gasteiger partial charge in [-0.15, -0.1) is 0 Å². The van der Waals surface area contributed by atoms with E-state index in [0.717, 1.165) is 5.56 Å². The van der Waals surface area contributed by atoms with E-state index < -0.39 is 132 Å². The first-order chi connectivity index (χ1) is 38.4. The minimum atomic E-state index is -2.03. The Balaban J connectivity index is 1.32. The van der Waals surface area contributed by atoms with Crippen molar-refractivity contribution in [3.63, 3.8) is 0 Å². The molecular formula is C60H96N4O18. The van der Waals surface area contributed by atoms with Crippen LogP contribution in [-0.2, 0) is 74.8 Å². The number of methoxy groups -OCH3 is 2. The maximum Gasteiger partial charge on any atom is 0.344 e. The van der Waals surface area contributed by atoms with Gasteiger partial charge in [0, 0.05) is 83.2 Å². The van der Waals surface area contributed by atoms with Gasteiger partial charge >= 0.3 is 17.9 Å². The number of aliphatic hydroxyl groups excluding tert-OH is 2. The largest absolute Gasteiger partial charge is 0.459 e. The van der Waals surface area contributed by atoms with Gasteiger partial charge in [0.05, 0.1) is 54.0 Å². The predicted molar refractivity (Wildman–Crippen MR) is 304 cm³/mol. The standard InChI is InChI=1S/C60H96N4O18/c1-18-44-60(11,73)52(70)35(5)48(67)33(3)29-58(9,74-16)53(82-57-50(69)43(62(12)13)27-34(4)77-57)36(6)51(37(7)55(71)79-44)81-47-30-59(10,75-17)54(38(8)78-47)80-46(66)24-26-61-25-20-21-39-22-23-42-40(28-39)49(68)41(31-64(42)19-2)56(72)76-32-45(65)63(14)15/h22-23,28,31,33-38,43-44,47,50-54,57,61,69-70,73H,18-21,24-27,29-30,32H2,1-17H3/t33-,34+,35-,36+,37+,38-,43-,44-,47-,50-,51-,52+,53+,54+,57-,58+,59-,60+/m0/s1. The van der Waals surface area contributed by atoms with E-state index in [4.69, 9.17) is 42.6 Å². The van der Waals surface area contributed by atoms with Crippen LogP contribution in [0.1, 0.15) is 131 Å². The highest BCUT2D eigenvalue weighted by atomic mass is 16.7. The maximum absolute atomic E-state index is 14.6. The summed E-state index contributed by atoms with van der Waals surface area (Å²) in [6.07, 6.45) is -6.96. The Bertz CT molecular complexity index is 2560. The molecule has 0 bridgehead atoms. The van der Waals surface area contributed by atoms with Crippen molar-refractivity contribution in [1.82, 2.24) is 19.7 Å². The number of aliphatic hydroxyl groups is 3. The lowest BCUT2D eigenvalue weighted by Crippen LogP contribution is -2.61. The fourth-order valence-corrected chi connectivity index (χ4v) is 12.1. The lowest BCUT2D eigenvalue weighted by Gasteiger charge is -2.50. The molecule has 22 nitrogen and oxygen atoms in total. The topological polar surface area (TPSA) is 270 Å². The summed E-state index contributed by atoms with van der Waals surface area (Å²) in [6, 6.07) is 5.21. The van der Waals surface area contributed by atoms with Crippen LogP contribution in [0.5, 0.6) is 0 Å². The molecule has 0 aliphatic carbocycles. The van der Waals surface area contributed by atoms with Gasteiger partial charge in [-0.25, -0.2) is 4.79 Å². The molecule has 1 amide bonds. The summed E-state index contributed by atoms with van der Waals surface area (Å²) in [5.74, 6) is -6.65. The van der Waals surface area contributed by atoms with Gasteiger partial charge in [-0.05, 0) is 119 Å². The highest BCUT2D eigenvalue weighted by Gasteiger charge is 2.55. The zero-order chi connectivity index (χ0) is 61.3. The lowest BCUT2D eigenvalue weighted by molar-refractivity contribution is -0.320. The molecule has 4 N–H and O–H groups in total. The molecule has 0 unspecified atom stereocenters. The SMILES string of the molecule is CC[C@@H]1OC(=O)[C@H](C)[C@@H](O[C@H]2C[C@](C)(OC)[C@H](OC(=O)CCNCCCc3ccc4c(c3)c(=O)c(C(=O)OCC(=O)N(C)C)cn4CC)[C@H](C)O2)[C@@H](C)[C@@H](O[C@@H]2O[C@H](C)C[C@H](N(C)C)[C@@H]2O)[C@](C)(OC)C[C@H](C)C(=O)[C@H](C)[C@@H](O)[C@]1(C)O. The number of esters is 3. The van der Waals surface area contributed by atoms with E-state index in [2.05, 4.69) is 5.32 Å². The van der Waals surface area contributed by atoms with E-state index in [1.54, 1.807) is 66.3 Å². The second kappa shape index (κ2) is 29.1. The van der Waals surface area contributed by atoms with E-state index in [0.29, 0.717) is 49.8 Å². The van der Waals surface area contributed by atoms with Crippen molar-refractivity contribution in [2.24, 2.45) is 23.7 Å². The number of cyclic esters (lactones) is 1. The van der Waals surface area contributed by atoms with Crippen LogP contribution < -0.4 is 10.7 Å². The van der Waals surface area contributed by atoms with E-state index in [1.165, 1.54) is 39.2 Å². The van der Waals surface area contributed by atoms with Gasteiger partial charge in [-0.1, -0.05) is 33.8 Å². The number of nitrogens with zero attached hydrogens (tertiary/aromatic N) is 3. The Labute approximate surface area is 484 Å². The van der Waals surface area contributed by atoms with Gasteiger partial charge < -0.3 is 77.6 Å². The van der Waals surface area contributed by atoms with Gasteiger partial charge in [0.2, 0.25) is 5.43 Å². The molecule has 1 aromatic heterocycles. The molecule has 0 spiro atoms. The monoisotopic (exact) mass is 1160 g/mol. The zero-order valence-corrected chi connectivity index (χ0v) is 51.6.